The van der Waals surface area contributed by atoms with Crippen molar-refractivity contribution in [2.24, 2.45) is 5.92 Å². The van der Waals surface area contributed by atoms with Crippen molar-refractivity contribution in [1.29, 1.82) is 0 Å². The minimum absolute atomic E-state index is 0.666. The average molecular weight is 285 g/mol. The molecule has 20 heavy (non-hydrogen) atoms. The van der Waals surface area contributed by atoms with Crippen molar-refractivity contribution >= 4 is 26.7 Å². The number of nitrogens with zero attached hydrogens (tertiary/aromatic N) is 5. The van der Waals surface area contributed by atoms with Crippen molar-refractivity contribution in [3.05, 3.63) is 36.4 Å². The number of aryl methyl sites for hydroxylation is 1. The molecule has 0 saturated carbocycles. The summed E-state index contributed by atoms with van der Waals surface area (Å²) in [5.41, 5.74) is 2.22. The lowest BCUT2D eigenvalue weighted by Gasteiger charge is -2.39. The molecule has 1 saturated heterocycles. The minimum Gasteiger partial charge on any atom is -0.347 e. The van der Waals surface area contributed by atoms with Crippen LogP contribution in [0.5, 0.6) is 0 Å². The molecule has 0 radical (unpaired) electrons. The van der Waals surface area contributed by atoms with E-state index in [9.17, 15) is 0 Å². The third-order valence-corrected chi connectivity index (χ3v) is 4.71. The number of fused-ring (bicyclic) bond motifs is 1. The van der Waals surface area contributed by atoms with Crippen LogP contribution >= 0.6 is 11.3 Å². The summed E-state index contributed by atoms with van der Waals surface area (Å²) in [6.07, 6.45) is 7.67. The van der Waals surface area contributed by atoms with E-state index in [2.05, 4.69) is 33.1 Å². The first-order valence-corrected chi connectivity index (χ1v) is 7.54. The molecule has 4 heterocycles. The summed E-state index contributed by atoms with van der Waals surface area (Å²) in [6.45, 7) is 5.20. The molecule has 6 heteroatoms. The summed E-state index contributed by atoms with van der Waals surface area (Å²) in [5.74, 6) is 0.666. The molecule has 4 rings (SSSR count). The highest BCUT2D eigenvalue weighted by molar-refractivity contribution is 7.22. The number of thiazole rings is 1. The Labute approximate surface area is 120 Å². The Morgan fingerprint density at radius 1 is 1.35 bits per heavy atom. The van der Waals surface area contributed by atoms with Gasteiger partial charge in [0.1, 0.15) is 5.52 Å². The normalized spacial score (nSPS) is 15.8. The van der Waals surface area contributed by atoms with Crippen LogP contribution in [-0.2, 0) is 6.54 Å². The summed E-state index contributed by atoms with van der Waals surface area (Å²) in [4.78, 5) is 11.1. The van der Waals surface area contributed by atoms with Gasteiger partial charge in [0.15, 0.2) is 5.13 Å². The molecule has 0 amide bonds. The lowest BCUT2D eigenvalue weighted by molar-refractivity contribution is 0.342. The lowest BCUT2D eigenvalue weighted by atomic mass is 10.0. The topological polar surface area (TPSA) is 46.8 Å². The lowest BCUT2D eigenvalue weighted by Crippen LogP contribution is -2.48. The van der Waals surface area contributed by atoms with Gasteiger partial charge in [0.05, 0.1) is 17.1 Å². The van der Waals surface area contributed by atoms with E-state index in [1.165, 1.54) is 10.3 Å². The van der Waals surface area contributed by atoms with E-state index < -0.39 is 0 Å². The van der Waals surface area contributed by atoms with Crippen molar-refractivity contribution < 1.29 is 0 Å². The highest BCUT2D eigenvalue weighted by Gasteiger charge is 2.29. The van der Waals surface area contributed by atoms with Gasteiger partial charge in [-0.2, -0.15) is 5.10 Å². The third-order valence-electron chi connectivity index (χ3n) is 3.61. The summed E-state index contributed by atoms with van der Waals surface area (Å²) in [7, 11) is 0. The van der Waals surface area contributed by atoms with Gasteiger partial charge < -0.3 is 4.90 Å². The Hall–Kier alpha value is -1.95. The first kappa shape index (κ1) is 11.8. The second-order valence-corrected chi connectivity index (χ2v) is 6.36. The number of hydrogen-bond acceptors (Lipinski definition) is 5. The predicted octanol–water partition coefficient (Wildman–Crippen LogP) is 2.33. The van der Waals surface area contributed by atoms with E-state index in [0.717, 1.165) is 30.3 Å². The van der Waals surface area contributed by atoms with Crippen LogP contribution in [0, 0.1) is 12.8 Å². The molecule has 0 spiro atoms. The zero-order chi connectivity index (χ0) is 13.5. The molecule has 0 atom stereocenters. The fourth-order valence-corrected chi connectivity index (χ4v) is 3.53. The summed E-state index contributed by atoms with van der Waals surface area (Å²) in [6, 6.07) is 2.03. The van der Waals surface area contributed by atoms with Crippen molar-refractivity contribution in [2.75, 3.05) is 18.0 Å². The summed E-state index contributed by atoms with van der Waals surface area (Å²) in [5, 5.41) is 5.46. The van der Waals surface area contributed by atoms with E-state index in [0.29, 0.717) is 5.92 Å². The van der Waals surface area contributed by atoms with Gasteiger partial charge in [-0.3, -0.25) is 9.67 Å². The second kappa shape index (κ2) is 4.56. The van der Waals surface area contributed by atoms with Gasteiger partial charge in [-0.05, 0) is 18.6 Å². The number of hydrogen-bond donors (Lipinski definition) is 0. The van der Waals surface area contributed by atoms with Gasteiger partial charge in [-0.15, -0.1) is 0 Å². The van der Waals surface area contributed by atoms with E-state index >= 15 is 0 Å². The average Bonchev–Trinajstić information content (AvgIpc) is 2.98. The Balaban J connectivity index is 1.43. The molecule has 1 aliphatic heterocycles. The zero-order valence-corrected chi connectivity index (χ0v) is 12.0. The number of anilines is 1. The van der Waals surface area contributed by atoms with E-state index in [-0.39, 0.29) is 0 Å². The number of pyridine rings is 1. The number of aromatic nitrogens is 4. The quantitative estimate of drug-likeness (QED) is 0.741. The maximum atomic E-state index is 4.64. The molecule has 0 bridgehead atoms. The fourth-order valence-electron chi connectivity index (χ4n) is 2.58. The third kappa shape index (κ3) is 2.06. The van der Waals surface area contributed by atoms with Crippen LogP contribution in [0.1, 0.15) is 5.56 Å². The van der Waals surface area contributed by atoms with Gasteiger partial charge in [-0.1, -0.05) is 11.3 Å². The monoisotopic (exact) mass is 285 g/mol. The molecule has 0 aliphatic carbocycles. The molecular weight excluding hydrogens is 270 g/mol. The Morgan fingerprint density at radius 2 is 2.25 bits per heavy atom. The molecule has 0 unspecified atom stereocenters. The highest BCUT2D eigenvalue weighted by Crippen LogP contribution is 2.32. The van der Waals surface area contributed by atoms with Crippen LogP contribution in [0.3, 0.4) is 0 Å². The molecule has 0 N–H and O–H groups in total. The number of rotatable bonds is 3. The van der Waals surface area contributed by atoms with Gasteiger partial charge >= 0.3 is 0 Å². The minimum atomic E-state index is 0.666. The van der Waals surface area contributed by atoms with E-state index in [1.54, 1.807) is 11.3 Å². The Morgan fingerprint density at radius 3 is 3.00 bits per heavy atom. The maximum absolute atomic E-state index is 4.64. The molecule has 3 aromatic heterocycles. The van der Waals surface area contributed by atoms with Gasteiger partial charge in [-0.25, -0.2) is 4.98 Å². The summed E-state index contributed by atoms with van der Waals surface area (Å²) >= 11 is 1.75. The highest BCUT2D eigenvalue weighted by atomic mass is 32.1. The first-order chi connectivity index (χ1) is 9.78. The Kier molecular flexibility index (Phi) is 2.70. The molecular formula is C14H15N5S. The van der Waals surface area contributed by atoms with Gasteiger partial charge in [0.2, 0.25) is 0 Å². The Bertz CT molecular complexity index is 708. The fraction of sp³-hybridized carbons (Fsp3) is 0.357. The summed E-state index contributed by atoms with van der Waals surface area (Å²) < 4.78 is 3.25. The molecule has 1 fully saturated rings. The largest absolute Gasteiger partial charge is 0.347 e. The second-order valence-electron chi connectivity index (χ2n) is 5.35. The maximum Gasteiger partial charge on any atom is 0.186 e. The van der Waals surface area contributed by atoms with Crippen LogP contribution in [0.4, 0.5) is 5.13 Å². The van der Waals surface area contributed by atoms with Crippen molar-refractivity contribution in [3.8, 4) is 0 Å². The van der Waals surface area contributed by atoms with Crippen LogP contribution in [0.25, 0.3) is 10.2 Å². The van der Waals surface area contributed by atoms with Crippen molar-refractivity contribution in [3.63, 3.8) is 0 Å². The standard InChI is InChI=1S/C14H15N5S/c1-10-4-16-19(6-10)9-11-7-18(8-11)14-17-12-5-15-3-2-13(12)20-14/h2-6,11H,7-9H2,1H3. The van der Waals surface area contributed by atoms with Crippen LogP contribution in [0.15, 0.2) is 30.9 Å². The van der Waals surface area contributed by atoms with E-state index in [4.69, 9.17) is 0 Å². The van der Waals surface area contributed by atoms with Crippen LogP contribution in [0.2, 0.25) is 0 Å². The van der Waals surface area contributed by atoms with Gasteiger partial charge in [0, 0.05) is 37.9 Å². The zero-order valence-electron chi connectivity index (χ0n) is 11.2. The molecule has 102 valence electrons. The van der Waals surface area contributed by atoms with Crippen LogP contribution in [-0.4, -0.2) is 32.8 Å². The molecule has 1 aliphatic rings. The van der Waals surface area contributed by atoms with E-state index in [1.807, 2.05) is 29.3 Å². The first-order valence-electron chi connectivity index (χ1n) is 6.72. The van der Waals surface area contributed by atoms with Crippen molar-refractivity contribution in [1.82, 2.24) is 19.7 Å². The van der Waals surface area contributed by atoms with Crippen molar-refractivity contribution in [2.45, 2.75) is 13.5 Å². The molecule has 0 aromatic carbocycles. The van der Waals surface area contributed by atoms with Gasteiger partial charge in [0.25, 0.3) is 0 Å². The SMILES string of the molecule is Cc1cnn(CC2CN(c3nc4cnccc4s3)C2)c1. The molecule has 3 aromatic rings. The van der Waals surface area contributed by atoms with Crippen LogP contribution < -0.4 is 4.90 Å². The predicted molar refractivity (Wildman–Crippen MR) is 80.1 cm³/mol. The molecule has 5 nitrogen and oxygen atoms in total. The smallest absolute Gasteiger partial charge is 0.186 e.